The van der Waals surface area contributed by atoms with Gasteiger partial charge in [0.15, 0.2) is 0 Å². The monoisotopic (exact) mass is 370 g/mol. The number of likely N-dealkylation sites (N-methyl/N-ethyl adjacent to an activating group) is 1. The number of amides is 1. The standard InChI is InChI=1S/C19H26N6O2/c1-13-6-5-8-20-17(13)18(27)25-9-7-15(12-25)24(4)11-14-10-16(26)22-19(21-14)23(2)3/h5-6,8,10,15H,7,9,11-12H2,1-4H3,(H,21,22,26)/t15-/m0/s1. The predicted molar refractivity (Wildman–Crippen MR) is 104 cm³/mol. The van der Waals surface area contributed by atoms with Crippen molar-refractivity contribution in [1.29, 1.82) is 0 Å². The molecule has 0 aromatic carbocycles. The van der Waals surface area contributed by atoms with Crippen LogP contribution in [-0.2, 0) is 6.54 Å². The van der Waals surface area contributed by atoms with Crippen molar-refractivity contribution < 1.29 is 4.79 Å². The third kappa shape index (κ3) is 4.33. The van der Waals surface area contributed by atoms with Gasteiger partial charge >= 0.3 is 0 Å². The average molecular weight is 370 g/mol. The zero-order valence-corrected chi connectivity index (χ0v) is 16.3. The minimum absolute atomic E-state index is 0.0202. The van der Waals surface area contributed by atoms with Crippen molar-refractivity contribution in [3.63, 3.8) is 0 Å². The molecule has 2 aromatic heterocycles. The molecule has 1 aliphatic rings. The Morgan fingerprint density at radius 1 is 1.37 bits per heavy atom. The fourth-order valence-electron chi connectivity index (χ4n) is 3.32. The number of carbonyl (C=O) groups excluding carboxylic acids is 1. The highest BCUT2D eigenvalue weighted by Gasteiger charge is 2.30. The van der Waals surface area contributed by atoms with Gasteiger partial charge in [0.05, 0.1) is 5.69 Å². The van der Waals surface area contributed by atoms with Gasteiger partial charge in [0.2, 0.25) is 5.95 Å². The Hall–Kier alpha value is -2.74. The van der Waals surface area contributed by atoms with Gasteiger partial charge in [0.1, 0.15) is 5.69 Å². The third-order valence-electron chi connectivity index (χ3n) is 4.90. The van der Waals surface area contributed by atoms with Crippen LogP contribution in [0.25, 0.3) is 0 Å². The molecule has 8 heteroatoms. The van der Waals surface area contributed by atoms with Crippen LogP contribution in [0.1, 0.15) is 28.2 Å². The first-order chi connectivity index (χ1) is 12.8. The molecule has 2 aromatic rings. The summed E-state index contributed by atoms with van der Waals surface area (Å²) in [5, 5.41) is 0. The minimum atomic E-state index is -0.161. The molecule has 0 aliphatic carbocycles. The number of pyridine rings is 1. The van der Waals surface area contributed by atoms with E-state index in [1.54, 1.807) is 11.1 Å². The van der Waals surface area contributed by atoms with Gasteiger partial charge < -0.3 is 9.80 Å². The topological polar surface area (TPSA) is 85.4 Å². The molecule has 0 spiro atoms. The van der Waals surface area contributed by atoms with Crippen LogP contribution >= 0.6 is 0 Å². The van der Waals surface area contributed by atoms with Crippen molar-refractivity contribution in [1.82, 2.24) is 24.8 Å². The van der Waals surface area contributed by atoms with Crippen LogP contribution in [0.4, 0.5) is 5.95 Å². The molecule has 3 heterocycles. The molecule has 27 heavy (non-hydrogen) atoms. The predicted octanol–water partition coefficient (Wildman–Crippen LogP) is 0.886. The molecule has 1 amide bonds. The molecule has 1 aliphatic heterocycles. The third-order valence-corrected chi connectivity index (χ3v) is 4.90. The van der Waals surface area contributed by atoms with Crippen LogP contribution in [0.15, 0.2) is 29.2 Å². The fraction of sp³-hybridized carbons (Fsp3) is 0.474. The van der Waals surface area contributed by atoms with Crippen LogP contribution in [0.3, 0.4) is 0 Å². The Labute approximate surface area is 158 Å². The summed E-state index contributed by atoms with van der Waals surface area (Å²) >= 11 is 0. The lowest BCUT2D eigenvalue weighted by atomic mass is 10.2. The first kappa shape index (κ1) is 19.0. The quantitative estimate of drug-likeness (QED) is 0.841. The number of anilines is 1. The van der Waals surface area contributed by atoms with Gasteiger partial charge in [-0.25, -0.2) is 4.98 Å². The zero-order chi connectivity index (χ0) is 19.6. The highest BCUT2D eigenvalue weighted by Crippen LogP contribution is 2.19. The number of H-pyrrole nitrogens is 1. The number of aryl methyl sites for hydroxylation is 1. The first-order valence-corrected chi connectivity index (χ1v) is 9.04. The minimum Gasteiger partial charge on any atom is -0.348 e. The van der Waals surface area contributed by atoms with E-state index in [1.165, 1.54) is 6.07 Å². The number of rotatable bonds is 5. The molecule has 144 valence electrons. The van der Waals surface area contributed by atoms with Gasteiger partial charge in [-0.05, 0) is 32.0 Å². The Morgan fingerprint density at radius 3 is 2.85 bits per heavy atom. The van der Waals surface area contributed by atoms with E-state index < -0.39 is 0 Å². The maximum atomic E-state index is 12.7. The number of hydrogen-bond acceptors (Lipinski definition) is 6. The average Bonchev–Trinajstić information content (AvgIpc) is 3.11. The number of hydrogen-bond donors (Lipinski definition) is 1. The summed E-state index contributed by atoms with van der Waals surface area (Å²) in [7, 11) is 5.68. The highest BCUT2D eigenvalue weighted by atomic mass is 16.2. The smallest absolute Gasteiger partial charge is 0.272 e. The van der Waals surface area contributed by atoms with Crippen LogP contribution in [-0.4, -0.2) is 70.9 Å². The molecular weight excluding hydrogens is 344 g/mol. The Bertz CT molecular complexity index is 878. The van der Waals surface area contributed by atoms with E-state index in [0.717, 1.165) is 17.7 Å². The lowest BCUT2D eigenvalue weighted by molar-refractivity contribution is 0.0773. The van der Waals surface area contributed by atoms with E-state index in [2.05, 4.69) is 19.9 Å². The molecule has 8 nitrogen and oxygen atoms in total. The molecule has 0 radical (unpaired) electrons. The largest absolute Gasteiger partial charge is 0.348 e. The van der Waals surface area contributed by atoms with Crippen molar-refractivity contribution in [3.8, 4) is 0 Å². The van der Waals surface area contributed by atoms with Crippen LogP contribution in [0.5, 0.6) is 0 Å². The Kier molecular flexibility index (Phi) is 5.55. The number of carbonyl (C=O) groups is 1. The van der Waals surface area contributed by atoms with Crippen molar-refractivity contribution in [2.75, 3.05) is 39.1 Å². The number of nitrogens with one attached hydrogen (secondary N) is 1. The van der Waals surface area contributed by atoms with Gasteiger partial charge in [0, 0.05) is 52.0 Å². The van der Waals surface area contributed by atoms with Crippen molar-refractivity contribution in [3.05, 3.63) is 51.7 Å². The molecule has 0 saturated carbocycles. The van der Waals surface area contributed by atoms with E-state index >= 15 is 0 Å². The molecule has 3 rings (SSSR count). The highest BCUT2D eigenvalue weighted by molar-refractivity contribution is 5.93. The maximum absolute atomic E-state index is 12.7. The molecule has 1 N–H and O–H groups in total. The summed E-state index contributed by atoms with van der Waals surface area (Å²) in [5.74, 6) is 0.521. The summed E-state index contributed by atoms with van der Waals surface area (Å²) in [6, 6.07) is 5.49. The SMILES string of the molecule is Cc1cccnc1C(=O)N1CC[C@H](N(C)Cc2cc(=O)[nH]c(N(C)C)n2)C1. The molecule has 0 bridgehead atoms. The van der Waals surface area contributed by atoms with Crippen molar-refractivity contribution >= 4 is 11.9 Å². The Balaban J connectivity index is 1.66. The number of nitrogens with zero attached hydrogens (tertiary/aromatic N) is 5. The summed E-state index contributed by atoms with van der Waals surface area (Å²) in [4.78, 5) is 41.8. The van der Waals surface area contributed by atoms with E-state index in [0.29, 0.717) is 31.3 Å². The van der Waals surface area contributed by atoms with E-state index in [9.17, 15) is 9.59 Å². The molecule has 1 saturated heterocycles. The summed E-state index contributed by atoms with van der Waals surface area (Å²) < 4.78 is 0. The lowest BCUT2D eigenvalue weighted by Gasteiger charge is -2.24. The second-order valence-corrected chi connectivity index (χ2v) is 7.23. The second kappa shape index (κ2) is 7.87. The van der Waals surface area contributed by atoms with Crippen molar-refractivity contribution in [2.45, 2.75) is 25.9 Å². The summed E-state index contributed by atoms with van der Waals surface area (Å²) in [5.41, 5.74) is 1.97. The van der Waals surface area contributed by atoms with Gasteiger partial charge in [-0.2, -0.15) is 0 Å². The van der Waals surface area contributed by atoms with Crippen LogP contribution in [0, 0.1) is 6.92 Å². The van der Waals surface area contributed by atoms with E-state index in [-0.39, 0.29) is 17.5 Å². The zero-order valence-electron chi connectivity index (χ0n) is 16.3. The van der Waals surface area contributed by atoms with E-state index in [4.69, 9.17) is 0 Å². The van der Waals surface area contributed by atoms with Crippen LogP contribution in [0.2, 0.25) is 0 Å². The summed E-state index contributed by atoms with van der Waals surface area (Å²) in [6.45, 7) is 3.81. The second-order valence-electron chi connectivity index (χ2n) is 7.23. The number of likely N-dealkylation sites (tertiary alicyclic amines) is 1. The van der Waals surface area contributed by atoms with E-state index in [1.807, 2.05) is 45.1 Å². The molecular formula is C19H26N6O2. The fourth-order valence-corrected chi connectivity index (χ4v) is 3.32. The summed E-state index contributed by atoms with van der Waals surface area (Å²) in [6.07, 6.45) is 2.54. The normalized spacial score (nSPS) is 16.8. The maximum Gasteiger partial charge on any atom is 0.272 e. The van der Waals surface area contributed by atoms with Crippen LogP contribution < -0.4 is 10.5 Å². The van der Waals surface area contributed by atoms with Gasteiger partial charge in [0.25, 0.3) is 11.5 Å². The Morgan fingerprint density at radius 2 is 2.15 bits per heavy atom. The van der Waals surface area contributed by atoms with Gasteiger partial charge in [-0.3, -0.25) is 24.5 Å². The molecule has 0 unspecified atom stereocenters. The van der Waals surface area contributed by atoms with Crippen molar-refractivity contribution in [2.24, 2.45) is 0 Å². The number of aromatic amines is 1. The van der Waals surface area contributed by atoms with Gasteiger partial charge in [-0.15, -0.1) is 0 Å². The number of aromatic nitrogens is 3. The molecule has 1 atom stereocenters. The first-order valence-electron chi connectivity index (χ1n) is 9.04. The van der Waals surface area contributed by atoms with Gasteiger partial charge in [-0.1, -0.05) is 6.07 Å². The molecule has 1 fully saturated rings. The lowest BCUT2D eigenvalue weighted by Crippen LogP contribution is -2.37.